The summed E-state index contributed by atoms with van der Waals surface area (Å²) >= 11 is 7.60. The normalized spacial score (nSPS) is 24.4. The van der Waals surface area contributed by atoms with Gasteiger partial charge in [-0.2, -0.15) is 0 Å². The van der Waals surface area contributed by atoms with Gasteiger partial charge in [-0.15, -0.1) is 11.3 Å². The second kappa shape index (κ2) is 7.93. The first-order valence-corrected chi connectivity index (χ1v) is 12.8. The fourth-order valence-electron chi connectivity index (χ4n) is 4.21. The Morgan fingerprint density at radius 2 is 1.97 bits per heavy atom. The predicted octanol–water partition coefficient (Wildman–Crippen LogP) is 3.38. The zero-order valence-electron chi connectivity index (χ0n) is 16.5. The summed E-state index contributed by atoms with van der Waals surface area (Å²) in [4.78, 5) is 8.62. The summed E-state index contributed by atoms with van der Waals surface area (Å²) < 4.78 is 52.7. The molecule has 7 nitrogen and oxygen atoms in total. The molecule has 1 aromatic carbocycles. The van der Waals surface area contributed by atoms with Crippen molar-refractivity contribution in [2.75, 3.05) is 32.6 Å². The van der Waals surface area contributed by atoms with Crippen LogP contribution in [-0.2, 0) is 14.6 Å². The minimum absolute atomic E-state index is 0.0636. The molecule has 2 unspecified atom stereocenters. The number of halogens is 2. The molecule has 2 bridgehead atoms. The number of aromatic nitrogens is 2. The van der Waals surface area contributed by atoms with E-state index in [-0.39, 0.29) is 28.4 Å². The molecule has 2 aromatic heterocycles. The Morgan fingerprint density at radius 1 is 1.23 bits per heavy atom. The van der Waals surface area contributed by atoms with Crippen LogP contribution in [0.5, 0.6) is 5.88 Å². The molecule has 0 saturated carbocycles. The standard InChI is InChI=1S/C20H19ClFN3O4S2/c1-31(26,27)13-2-3-14(16(22)4-13)15-9-30-19-17(15)23-10-24-20(19)29-18-11-5-25(21)6-12(18)8-28-7-11/h2-4,9-12,18H,5-8H2,1H3. The number of nitrogens with zero attached hydrogens (tertiary/aromatic N) is 3. The van der Waals surface area contributed by atoms with Gasteiger partial charge in [0.1, 0.15) is 22.9 Å². The van der Waals surface area contributed by atoms with Crippen molar-refractivity contribution in [1.82, 2.24) is 14.4 Å². The van der Waals surface area contributed by atoms with Crippen molar-refractivity contribution in [1.29, 1.82) is 0 Å². The number of rotatable bonds is 4. The van der Waals surface area contributed by atoms with Crippen LogP contribution in [0.2, 0.25) is 0 Å². The van der Waals surface area contributed by atoms with E-state index in [1.807, 2.05) is 0 Å². The molecule has 0 N–H and O–H groups in total. The van der Waals surface area contributed by atoms with Gasteiger partial charge in [0.2, 0.25) is 5.88 Å². The lowest BCUT2D eigenvalue weighted by atomic mass is 9.86. The monoisotopic (exact) mass is 483 g/mol. The van der Waals surface area contributed by atoms with E-state index in [1.165, 1.54) is 29.8 Å². The molecular weight excluding hydrogens is 465 g/mol. The van der Waals surface area contributed by atoms with Crippen LogP contribution >= 0.6 is 23.1 Å². The molecule has 0 spiro atoms. The Kier molecular flexibility index (Phi) is 5.38. The number of piperidine rings is 1. The molecule has 5 rings (SSSR count). The van der Waals surface area contributed by atoms with Crippen LogP contribution in [-0.4, -0.2) is 61.5 Å². The van der Waals surface area contributed by atoms with Crippen molar-refractivity contribution in [2.24, 2.45) is 11.8 Å². The predicted molar refractivity (Wildman–Crippen MR) is 116 cm³/mol. The molecule has 2 aliphatic rings. The fraction of sp³-hybridized carbons (Fsp3) is 0.400. The maximum Gasteiger partial charge on any atom is 0.235 e. The highest BCUT2D eigenvalue weighted by Crippen LogP contribution is 2.40. The van der Waals surface area contributed by atoms with Crippen molar-refractivity contribution >= 4 is 43.2 Å². The van der Waals surface area contributed by atoms with E-state index in [0.717, 1.165) is 17.0 Å². The number of ether oxygens (including phenoxy) is 2. The lowest BCUT2D eigenvalue weighted by Crippen LogP contribution is -2.55. The van der Waals surface area contributed by atoms with Crippen LogP contribution in [0.3, 0.4) is 0 Å². The molecule has 0 aliphatic carbocycles. The van der Waals surface area contributed by atoms with Gasteiger partial charge in [0.05, 0.1) is 23.6 Å². The molecule has 0 radical (unpaired) electrons. The number of benzene rings is 1. The van der Waals surface area contributed by atoms with Gasteiger partial charge in [-0.25, -0.2) is 27.2 Å². The van der Waals surface area contributed by atoms with Gasteiger partial charge in [0.25, 0.3) is 0 Å². The molecule has 2 saturated heterocycles. The highest BCUT2D eigenvalue weighted by molar-refractivity contribution is 7.90. The van der Waals surface area contributed by atoms with Gasteiger partial charge < -0.3 is 9.47 Å². The van der Waals surface area contributed by atoms with Crippen molar-refractivity contribution < 1.29 is 22.3 Å². The highest BCUT2D eigenvalue weighted by Gasteiger charge is 2.42. The Bertz CT molecular complexity index is 1240. The number of hydrogen-bond acceptors (Lipinski definition) is 8. The van der Waals surface area contributed by atoms with Crippen molar-refractivity contribution in [3.05, 3.63) is 35.7 Å². The zero-order valence-corrected chi connectivity index (χ0v) is 18.9. The summed E-state index contributed by atoms with van der Waals surface area (Å²) in [6.07, 6.45) is 2.38. The third kappa shape index (κ3) is 3.91. The van der Waals surface area contributed by atoms with E-state index in [4.69, 9.17) is 21.3 Å². The molecule has 4 heterocycles. The topological polar surface area (TPSA) is 81.6 Å². The lowest BCUT2D eigenvalue weighted by Gasteiger charge is -2.44. The number of thiophene rings is 1. The Labute approximate surface area is 187 Å². The molecular formula is C20H19ClFN3O4S2. The average Bonchev–Trinajstić information content (AvgIpc) is 3.13. The van der Waals surface area contributed by atoms with Gasteiger partial charge in [-0.1, -0.05) is 6.07 Å². The number of fused-ring (bicyclic) bond motifs is 3. The SMILES string of the molecule is CS(=O)(=O)c1ccc(-c2csc3c(OC4C5COCC4CN(Cl)C5)ncnc23)c(F)c1. The molecule has 2 atom stereocenters. The van der Waals surface area contributed by atoms with Crippen molar-refractivity contribution in [3.8, 4) is 17.0 Å². The van der Waals surface area contributed by atoms with E-state index in [0.29, 0.717) is 43.3 Å². The fourth-order valence-corrected chi connectivity index (χ4v) is 6.15. The minimum atomic E-state index is -3.49. The Morgan fingerprint density at radius 3 is 2.65 bits per heavy atom. The summed E-state index contributed by atoms with van der Waals surface area (Å²) in [7, 11) is -3.49. The Balaban J connectivity index is 1.50. The van der Waals surface area contributed by atoms with E-state index in [2.05, 4.69) is 9.97 Å². The lowest BCUT2D eigenvalue weighted by molar-refractivity contribution is -0.0990. The second-order valence-corrected chi connectivity index (χ2v) is 11.3. The van der Waals surface area contributed by atoms with E-state index < -0.39 is 15.7 Å². The van der Waals surface area contributed by atoms with E-state index in [1.54, 1.807) is 9.80 Å². The molecule has 3 aromatic rings. The van der Waals surface area contributed by atoms with Gasteiger partial charge in [-0.05, 0) is 23.9 Å². The van der Waals surface area contributed by atoms with Crippen LogP contribution in [0.1, 0.15) is 0 Å². The third-order valence-corrected chi connectivity index (χ3v) is 8.03. The molecule has 0 amide bonds. The Hall–Kier alpha value is -1.85. The molecule has 2 aliphatic heterocycles. The van der Waals surface area contributed by atoms with Crippen LogP contribution < -0.4 is 4.74 Å². The summed E-state index contributed by atoms with van der Waals surface area (Å²) in [5, 5.41) is 1.79. The zero-order chi connectivity index (χ0) is 21.8. The first-order chi connectivity index (χ1) is 14.8. The van der Waals surface area contributed by atoms with Gasteiger partial charge in [0.15, 0.2) is 9.84 Å². The van der Waals surface area contributed by atoms with Gasteiger partial charge >= 0.3 is 0 Å². The maximum atomic E-state index is 14.8. The first kappa shape index (κ1) is 21.0. The van der Waals surface area contributed by atoms with Crippen LogP contribution in [0.15, 0.2) is 34.8 Å². The van der Waals surface area contributed by atoms with Crippen LogP contribution in [0.25, 0.3) is 21.3 Å². The van der Waals surface area contributed by atoms with Crippen molar-refractivity contribution in [2.45, 2.75) is 11.0 Å². The molecule has 164 valence electrons. The summed E-state index contributed by atoms with van der Waals surface area (Å²) in [5.74, 6) is 0.107. The first-order valence-electron chi connectivity index (χ1n) is 9.68. The third-order valence-electron chi connectivity index (χ3n) is 5.69. The van der Waals surface area contributed by atoms with Crippen molar-refractivity contribution in [3.63, 3.8) is 0 Å². The number of sulfone groups is 1. The van der Waals surface area contributed by atoms with Crippen LogP contribution in [0, 0.1) is 17.7 Å². The maximum absolute atomic E-state index is 14.8. The largest absolute Gasteiger partial charge is 0.472 e. The van der Waals surface area contributed by atoms with Gasteiger partial charge in [-0.3, -0.25) is 0 Å². The summed E-state index contributed by atoms with van der Waals surface area (Å²) in [6.45, 7) is 2.49. The summed E-state index contributed by atoms with van der Waals surface area (Å²) in [6, 6.07) is 3.90. The smallest absolute Gasteiger partial charge is 0.235 e. The number of hydrogen-bond donors (Lipinski definition) is 0. The van der Waals surface area contributed by atoms with E-state index >= 15 is 0 Å². The average molecular weight is 484 g/mol. The molecule has 2 fully saturated rings. The van der Waals surface area contributed by atoms with Crippen LogP contribution in [0.4, 0.5) is 4.39 Å². The van der Waals surface area contributed by atoms with Gasteiger partial charge in [0, 0.05) is 47.7 Å². The molecule has 11 heteroatoms. The summed E-state index contributed by atoms with van der Waals surface area (Å²) in [5.41, 5.74) is 1.42. The highest BCUT2D eigenvalue weighted by atomic mass is 35.5. The van der Waals surface area contributed by atoms with E-state index in [9.17, 15) is 12.8 Å². The molecule has 31 heavy (non-hydrogen) atoms. The quantitative estimate of drug-likeness (QED) is 0.526. The second-order valence-electron chi connectivity index (χ2n) is 7.89. The minimum Gasteiger partial charge on any atom is -0.472 e.